The second-order valence-corrected chi connectivity index (χ2v) is 6.50. The molecule has 1 aromatic carbocycles. The van der Waals surface area contributed by atoms with Gasteiger partial charge in [-0.05, 0) is 30.5 Å². The number of pyridine rings is 1. The number of aromatic amines is 1. The van der Waals surface area contributed by atoms with Gasteiger partial charge in [-0.2, -0.15) is 5.10 Å². The van der Waals surface area contributed by atoms with E-state index < -0.39 is 0 Å². The number of carbonyl (C=O) groups excluding carboxylic acids is 1. The number of nitrogens with one attached hydrogen (secondary N) is 2. The van der Waals surface area contributed by atoms with Crippen LogP contribution in [0.3, 0.4) is 0 Å². The molecule has 1 atom stereocenters. The Labute approximate surface area is 152 Å². The first-order valence-corrected chi connectivity index (χ1v) is 8.86. The Morgan fingerprint density at radius 3 is 2.77 bits per heavy atom. The fraction of sp³-hybridized carbons (Fsp3) is 0.250. The third-order valence-electron chi connectivity index (χ3n) is 4.67. The summed E-state index contributed by atoms with van der Waals surface area (Å²) < 4.78 is 0. The first-order valence-electron chi connectivity index (χ1n) is 8.86. The third-order valence-corrected chi connectivity index (χ3v) is 4.67. The fourth-order valence-electron chi connectivity index (χ4n) is 3.31. The van der Waals surface area contributed by atoms with Crippen molar-refractivity contribution < 1.29 is 4.79 Å². The van der Waals surface area contributed by atoms with Crippen molar-refractivity contribution in [1.82, 2.24) is 20.5 Å². The maximum atomic E-state index is 12.4. The smallest absolute Gasteiger partial charge is 0.251 e. The third kappa shape index (κ3) is 3.59. The largest absolute Gasteiger partial charge is 0.353 e. The van der Waals surface area contributed by atoms with Crippen LogP contribution in [0.1, 0.15) is 23.2 Å². The van der Waals surface area contributed by atoms with Crippen LogP contribution in [-0.2, 0) is 0 Å². The molecule has 3 aromatic rings. The molecule has 0 aliphatic carbocycles. The molecule has 26 heavy (non-hydrogen) atoms. The number of nitrogens with zero attached hydrogens (tertiary/aromatic N) is 3. The van der Waals surface area contributed by atoms with Gasteiger partial charge in [-0.3, -0.25) is 14.9 Å². The van der Waals surface area contributed by atoms with Gasteiger partial charge in [0.25, 0.3) is 5.91 Å². The Bertz CT molecular complexity index is 862. The maximum Gasteiger partial charge on any atom is 0.251 e. The molecule has 0 bridgehead atoms. The number of aromatic nitrogens is 3. The number of rotatable bonds is 4. The van der Waals surface area contributed by atoms with Crippen LogP contribution in [0.25, 0.3) is 11.3 Å². The highest BCUT2D eigenvalue weighted by molar-refractivity contribution is 5.94. The lowest BCUT2D eigenvalue weighted by atomic mass is 10.0. The summed E-state index contributed by atoms with van der Waals surface area (Å²) in [6, 6.07) is 15.8. The molecule has 2 aromatic heterocycles. The summed E-state index contributed by atoms with van der Waals surface area (Å²) in [5.74, 6) is 0.873. The molecule has 4 rings (SSSR count). The van der Waals surface area contributed by atoms with Crippen molar-refractivity contribution in [3.05, 3.63) is 66.5 Å². The van der Waals surface area contributed by atoms with Gasteiger partial charge in [0.05, 0.1) is 5.69 Å². The Kier molecular flexibility index (Phi) is 4.64. The molecule has 0 spiro atoms. The number of hydrogen-bond donors (Lipinski definition) is 2. The molecular formula is C20H21N5O. The highest BCUT2D eigenvalue weighted by atomic mass is 16.1. The summed E-state index contributed by atoms with van der Waals surface area (Å²) in [6.07, 6.45) is 5.27. The van der Waals surface area contributed by atoms with Crippen LogP contribution in [0, 0.1) is 0 Å². The number of H-pyrrole nitrogens is 1. The van der Waals surface area contributed by atoms with Crippen molar-refractivity contribution >= 4 is 11.7 Å². The Balaban J connectivity index is 1.42. The first kappa shape index (κ1) is 16.3. The van der Waals surface area contributed by atoms with Crippen LogP contribution in [0.2, 0.25) is 0 Å². The molecular weight excluding hydrogens is 326 g/mol. The molecule has 1 aliphatic heterocycles. The molecule has 3 heterocycles. The lowest BCUT2D eigenvalue weighted by Crippen LogP contribution is -2.48. The highest BCUT2D eigenvalue weighted by Gasteiger charge is 2.23. The number of hydrogen-bond acceptors (Lipinski definition) is 4. The Morgan fingerprint density at radius 2 is 1.96 bits per heavy atom. The van der Waals surface area contributed by atoms with Crippen LogP contribution < -0.4 is 10.2 Å². The van der Waals surface area contributed by atoms with Gasteiger partial charge in [-0.25, -0.2) is 0 Å². The first-order chi connectivity index (χ1) is 12.8. The van der Waals surface area contributed by atoms with E-state index in [0.717, 1.165) is 43.0 Å². The molecule has 1 saturated heterocycles. The molecule has 0 unspecified atom stereocenters. The number of anilines is 1. The summed E-state index contributed by atoms with van der Waals surface area (Å²) >= 11 is 0. The zero-order valence-corrected chi connectivity index (χ0v) is 14.4. The topological polar surface area (TPSA) is 73.9 Å². The van der Waals surface area contributed by atoms with Gasteiger partial charge in [0.15, 0.2) is 5.82 Å². The molecule has 6 nitrogen and oxygen atoms in total. The molecule has 1 aliphatic rings. The van der Waals surface area contributed by atoms with Crippen molar-refractivity contribution in [2.75, 3.05) is 18.0 Å². The zero-order chi connectivity index (χ0) is 17.8. The number of carbonyl (C=O) groups is 1. The van der Waals surface area contributed by atoms with Crippen LogP contribution in [0.5, 0.6) is 0 Å². The van der Waals surface area contributed by atoms with E-state index in [4.69, 9.17) is 0 Å². The number of benzene rings is 1. The lowest BCUT2D eigenvalue weighted by Gasteiger charge is -2.33. The van der Waals surface area contributed by atoms with Crippen LogP contribution in [0.4, 0.5) is 5.82 Å². The molecule has 6 heteroatoms. The van der Waals surface area contributed by atoms with Crippen molar-refractivity contribution in [2.24, 2.45) is 0 Å². The van der Waals surface area contributed by atoms with Gasteiger partial charge in [-0.1, -0.05) is 30.3 Å². The van der Waals surface area contributed by atoms with E-state index in [9.17, 15) is 4.79 Å². The van der Waals surface area contributed by atoms with Crippen LogP contribution in [0.15, 0.2) is 60.9 Å². The minimum Gasteiger partial charge on any atom is -0.353 e. The molecule has 0 radical (unpaired) electrons. The molecule has 2 N–H and O–H groups in total. The highest BCUT2D eigenvalue weighted by Crippen LogP contribution is 2.24. The van der Waals surface area contributed by atoms with Gasteiger partial charge in [0.1, 0.15) is 0 Å². The average molecular weight is 347 g/mol. The minimum absolute atomic E-state index is 0.0498. The van der Waals surface area contributed by atoms with E-state index in [2.05, 4.69) is 43.6 Å². The van der Waals surface area contributed by atoms with Crippen LogP contribution >= 0.6 is 0 Å². The van der Waals surface area contributed by atoms with Crippen molar-refractivity contribution in [3.63, 3.8) is 0 Å². The number of amides is 1. The lowest BCUT2D eigenvalue weighted by molar-refractivity contribution is 0.0933. The van der Waals surface area contributed by atoms with Crippen molar-refractivity contribution in [3.8, 4) is 11.3 Å². The van der Waals surface area contributed by atoms with E-state index in [-0.39, 0.29) is 11.9 Å². The van der Waals surface area contributed by atoms with E-state index in [1.54, 1.807) is 24.5 Å². The van der Waals surface area contributed by atoms with Crippen molar-refractivity contribution in [1.29, 1.82) is 0 Å². The van der Waals surface area contributed by atoms with Gasteiger partial charge < -0.3 is 10.2 Å². The second kappa shape index (κ2) is 7.39. The van der Waals surface area contributed by atoms with E-state index >= 15 is 0 Å². The summed E-state index contributed by atoms with van der Waals surface area (Å²) in [4.78, 5) is 18.5. The maximum absolute atomic E-state index is 12.4. The summed E-state index contributed by atoms with van der Waals surface area (Å²) in [7, 11) is 0. The molecule has 0 saturated carbocycles. The predicted octanol–water partition coefficient (Wildman–Crippen LogP) is 2.87. The molecule has 1 amide bonds. The normalized spacial score (nSPS) is 17.1. The van der Waals surface area contributed by atoms with Gasteiger partial charge in [0.2, 0.25) is 0 Å². The minimum atomic E-state index is -0.0498. The SMILES string of the molecule is O=C(N[C@H]1CCCN(c2cc(-c3ccccc3)[nH]n2)C1)c1ccncc1. The average Bonchev–Trinajstić information content (AvgIpc) is 3.20. The summed E-state index contributed by atoms with van der Waals surface area (Å²) in [5, 5.41) is 10.7. The molecule has 1 fully saturated rings. The Hall–Kier alpha value is -3.15. The van der Waals surface area contributed by atoms with Gasteiger partial charge in [0, 0.05) is 43.2 Å². The van der Waals surface area contributed by atoms with Crippen molar-refractivity contribution in [2.45, 2.75) is 18.9 Å². The predicted molar refractivity (Wildman–Crippen MR) is 101 cm³/mol. The van der Waals surface area contributed by atoms with Gasteiger partial charge in [-0.15, -0.1) is 0 Å². The second-order valence-electron chi connectivity index (χ2n) is 6.50. The quantitative estimate of drug-likeness (QED) is 0.761. The summed E-state index contributed by atoms with van der Waals surface area (Å²) in [6.45, 7) is 1.70. The number of piperidine rings is 1. The van der Waals surface area contributed by atoms with Gasteiger partial charge >= 0.3 is 0 Å². The zero-order valence-electron chi connectivity index (χ0n) is 14.4. The standard InChI is InChI=1S/C20H21N5O/c26-20(16-8-10-21-11-9-16)22-17-7-4-12-25(14-17)19-13-18(23-24-19)15-5-2-1-3-6-15/h1-3,5-6,8-11,13,17H,4,7,12,14H2,(H,22,26)(H,23,24)/t17-/m0/s1. The fourth-order valence-corrected chi connectivity index (χ4v) is 3.31. The van der Waals surface area contributed by atoms with E-state index in [1.165, 1.54) is 0 Å². The van der Waals surface area contributed by atoms with E-state index in [1.807, 2.05) is 18.2 Å². The Morgan fingerprint density at radius 1 is 1.15 bits per heavy atom. The monoisotopic (exact) mass is 347 g/mol. The van der Waals surface area contributed by atoms with E-state index in [0.29, 0.717) is 5.56 Å². The summed E-state index contributed by atoms with van der Waals surface area (Å²) in [5.41, 5.74) is 2.76. The molecule has 132 valence electrons. The van der Waals surface area contributed by atoms with Crippen LogP contribution in [-0.4, -0.2) is 40.2 Å².